The van der Waals surface area contributed by atoms with Gasteiger partial charge in [-0.2, -0.15) is 0 Å². The van der Waals surface area contributed by atoms with Crippen molar-refractivity contribution in [3.8, 4) is 11.5 Å². The van der Waals surface area contributed by atoms with Crippen molar-refractivity contribution in [2.24, 2.45) is 5.73 Å². The van der Waals surface area contributed by atoms with Crippen LogP contribution in [0.1, 0.15) is 11.1 Å². The summed E-state index contributed by atoms with van der Waals surface area (Å²) in [4.78, 5) is 0. The van der Waals surface area contributed by atoms with Crippen LogP contribution in [0.5, 0.6) is 11.5 Å². The molecule has 0 aromatic heterocycles. The van der Waals surface area contributed by atoms with Gasteiger partial charge in [0.2, 0.25) is 0 Å². The Balaban J connectivity index is 2.15. The Bertz CT molecular complexity index is 604. The minimum atomic E-state index is -0.461. The molecule has 2 rings (SSSR count). The van der Waals surface area contributed by atoms with Crippen molar-refractivity contribution in [2.75, 3.05) is 7.11 Å². The fraction of sp³-hybridized carbons (Fsp3) is 0.200. The Labute approximate surface area is 122 Å². The number of benzene rings is 2. The second-order valence-corrected chi connectivity index (χ2v) is 4.62. The molecule has 0 atom stereocenters. The number of nitrogens with two attached hydrogens (primary N) is 1. The molecule has 0 aliphatic carbocycles. The van der Waals surface area contributed by atoms with E-state index in [2.05, 4.69) is 0 Å². The molecule has 5 heteroatoms. The zero-order valence-corrected chi connectivity index (χ0v) is 11.8. The van der Waals surface area contributed by atoms with Crippen LogP contribution >= 0.6 is 11.6 Å². The van der Waals surface area contributed by atoms with Crippen LogP contribution in [0.3, 0.4) is 0 Å². The molecule has 0 radical (unpaired) electrons. The first-order valence-electron chi connectivity index (χ1n) is 6.07. The highest BCUT2D eigenvalue weighted by molar-refractivity contribution is 6.30. The Kier molecular flexibility index (Phi) is 4.82. The summed E-state index contributed by atoms with van der Waals surface area (Å²) in [6, 6.07) is 9.99. The van der Waals surface area contributed by atoms with E-state index in [1.54, 1.807) is 19.2 Å². The number of hydrogen-bond acceptors (Lipinski definition) is 3. The zero-order valence-electron chi connectivity index (χ0n) is 11.0. The van der Waals surface area contributed by atoms with E-state index >= 15 is 0 Å². The van der Waals surface area contributed by atoms with E-state index in [0.29, 0.717) is 23.6 Å². The van der Waals surface area contributed by atoms with Gasteiger partial charge in [-0.05, 0) is 23.8 Å². The van der Waals surface area contributed by atoms with E-state index in [4.69, 9.17) is 26.8 Å². The van der Waals surface area contributed by atoms with Crippen molar-refractivity contribution in [2.45, 2.75) is 13.2 Å². The first-order valence-corrected chi connectivity index (χ1v) is 6.45. The Morgan fingerprint density at radius 3 is 2.65 bits per heavy atom. The van der Waals surface area contributed by atoms with E-state index in [9.17, 15) is 4.39 Å². The van der Waals surface area contributed by atoms with Gasteiger partial charge in [-0.25, -0.2) is 4.39 Å². The lowest BCUT2D eigenvalue weighted by Gasteiger charge is -2.12. The van der Waals surface area contributed by atoms with E-state index in [0.717, 1.165) is 5.56 Å². The summed E-state index contributed by atoms with van der Waals surface area (Å²) < 4.78 is 24.2. The molecule has 0 bridgehead atoms. The maximum absolute atomic E-state index is 13.3. The summed E-state index contributed by atoms with van der Waals surface area (Å²) in [6.45, 7) is 0.586. The summed E-state index contributed by atoms with van der Waals surface area (Å²) in [6.07, 6.45) is 0. The normalized spacial score (nSPS) is 10.4. The van der Waals surface area contributed by atoms with Gasteiger partial charge in [0.15, 0.2) is 0 Å². The molecule has 0 spiro atoms. The molecule has 2 aromatic carbocycles. The molecule has 0 aliphatic heterocycles. The van der Waals surface area contributed by atoms with Crippen molar-refractivity contribution in [1.82, 2.24) is 0 Å². The Morgan fingerprint density at radius 2 is 2.00 bits per heavy atom. The fourth-order valence-corrected chi connectivity index (χ4v) is 1.87. The highest BCUT2D eigenvalue weighted by Crippen LogP contribution is 2.25. The van der Waals surface area contributed by atoms with Gasteiger partial charge >= 0.3 is 0 Å². The monoisotopic (exact) mass is 295 g/mol. The lowest BCUT2D eigenvalue weighted by molar-refractivity contribution is 0.300. The molecule has 0 saturated heterocycles. The molecular formula is C15H15ClFNO2. The van der Waals surface area contributed by atoms with Crippen LogP contribution in [-0.4, -0.2) is 7.11 Å². The molecule has 2 N–H and O–H groups in total. The molecule has 0 saturated carbocycles. The van der Waals surface area contributed by atoms with Gasteiger partial charge in [0, 0.05) is 18.2 Å². The predicted molar refractivity (Wildman–Crippen MR) is 76.6 cm³/mol. The van der Waals surface area contributed by atoms with Gasteiger partial charge in [-0.15, -0.1) is 0 Å². The summed E-state index contributed by atoms with van der Waals surface area (Å²) >= 11 is 5.64. The maximum atomic E-state index is 13.3. The SMILES string of the molecule is COc1ccc(CN)c(OCc2ccc(Cl)c(F)c2)c1. The van der Waals surface area contributed by atoms with Gasteiger partial charge in [0.05, 0.1) is 12.1 Å². The molecule has 2 aromatic rings. The van der Waals surface area contributed by atoms with Crippen molar-refractivity contribution in [3.63, 3.8) is 0 Å². The van der Waals surface area contributed by atoms with Crippen LogP contribution in [0, 0.1) is 5.82 Å². The van der Waals surface area contributed by atoms with Crippen LogP contribution in [0.2, 0.25) is 5.02 Å². The molecule has 0 amide bonds. The quantitative estimate of drug-likeness (QED) is 0.918. The van der Waals surface area contributed by atoms with Gasteiger partial charge in [-0.3, -0.25) is 0 Å². The predicted octanol–water partition coefficient (Wildman–Crippen LogP) is 3.53. The number of rotatable bonds is 5. The number of methoxy groups -OCH3 is 1. The minimum Gasteiger partial charge on any atom is -0.497 e. The topological polar surface area (TPSA) is 44.5 Å². The average Bonchev–Trinajstić information content (AvgIpc) is 2.48. The molecule has 0 fully saturated rings. The highest BCUT2D eigenvalue weighted by Gasteiger charge is 2.06. The van der Waals surface area contributed by atoms with Gasteiger partial charge in [-0.1, -0.05) is 23.7 Å². The molecule has 0 heterocycles. The largest absolute Gasteiger partial charge is 0.497 e. The zero-order chi connectivity index (χ0) is 14.5. The van der Waals surface area contributed by atoms with Crippen LogP contribution in [0.25, 0.3) is 0 Å². The molecule has 106 valence electrons. The summed E-state index contributed by atoms with van der Waals surface area (Å²) in [5.74, 6) is 0.846. The third-order valence-corrected chi connectivity index (χ3v) is 3.18. The molecule has 0 aliphatic rings. The second-order valence-electron chi connectivity index (χ2n) is 4.21. The smallest absolute Gasteiger partial charge is 0.142 e. The first-order chi connectivity index (χ1) is 9.63. The number of hydrogen-bond donors (Lipinski definition) is 1. The lowest BCUT2D eigenvalue weighted by atomic mass is 10.2. The third kappa shape index (κ3) is 3.40. The summed E-state index contributed by atoms with van der Waals surface area (Å²) in [5, 5.41) is 0.0952. The summed E-state index contributed by atoms with van der Waals surface area (Å²) in [5.41, 5.74) is 7.21. The van der Waals surface area contributed by atoms with Crippen LogP contribution in [0.15, 0.2) is 36.4 Å². The van der Waals surface area contributed by atoms with Crippen LogP contribution in [0.4, 0.5) is 4.39 Å². The van der Waals surface area contributed by atoms with Crippen molar-refractivity contribution in [3.05, 3.63) is 58.4 Å². The van der Waals surface area contributed by atoms with Crippen molar-refractivity contribution < 1.29 is 13.9 Å². The first kappa shape index (κ1) is 14.6. The standard InChI is InChI=1S/C15H15ClFNO2/c1-19-12-4-3-11(8-18)15(7-12)20-9-10-2-5-13(16)14(17)6-10/h2-7H,8-9,18H2,1H3. The van der Waals surface area contributed by atoms with Crippen LogP contribution < -0.4 is 15.2 Å². The molecule has 20 heavy (non-hydrogen) atoms. The fourth-order valence-electron chi connectivity index (χ4n) is 1.76. The van der Waals surface area contributed by atoms with Gasteiger partial charge in [0.25, 0.3) is 0 Å². The number of ether oxygens (including phenoxy) is 2. The third-order valence-electron chi connectivity index (χ3n) is 2.87. The van der Waals surface area contributed by atoms with Gasteiger partial charge in [0.1, 0.15) is 23.9 Å². The second kappa shape index (κ2) is 6.59. The van der Waals surface area contributed by atoms with Crippen molar-refractivity contribution >= 4 is 11.6 Å². The minimum absolute atomic E-state index is 0.0952. The molecule has 0 unspecified atom stereocenters. The number of halogens is 2. The maximum Gasteiger partial charge on any atom is 0.142 e. The van der Waals surface area contributed by atoms with E-state index < -0.39 is 5.82 Å². The molecular weight excluding hydrogens is 281 g/mol. The Hall–Kier alpha value is -1.78. The van der Waals surface area contributed by atoms with E-state index in [-0.39, 0.29) is 11.6 Å². The average molecular weight is 296 g/mol. The van der Waals surface area contributed by atoms with Gasteiger partial charge < -0.3 is 15.2 Å². The highest BCUT2D eigenvalue weighted by atomic mass is 35.5. The summed E-state index contributed by atoms with van der Waals surface area (Å²) in [7, 11) is 1.58. The van der Waals surface area contributed by atoms with E-state index in [1.807, 2.05) is 12.1 Å². The lowest BCUT2D eigenvalue weighted by Crippen LogP contribution is -2.03. The van der Waals surface area contributed by atoms with E-state index in [1.165, 1.54) is 12.1 Å². The molecule has 3 nitrogen and oxygen atoms in total. The van der Waals surface area contributed by atoms with Crippen molar-refractivity contribution in [1.29, 1.82) is 0 Å². The Morgan fingerprint density at radius 1 is 1.20 bits per heavy atom. The van der Waals surface area contributed by atoms with Crippen LogP contribution in [-0.2, 0) is 13.2 Å².